The van der Waals surface area contributed by atoms with Crippen molar-refractivity contribution in [1.29, 1.82) is 5.26 Å². The zero-order chi connectivity index (χ0) is 14.3. The van der Waals surface area contributed by atoms with E-state index in [4.69, 9.17) is 21.6 Å². The second-order valence-corrected chi connectivity index (χ2v) is 5.86. The largest absolute Gasteiger partial charge is 0.437 e. The van der Waals surface area contributed by atoms with Crippen LogP contribution in [0, 0.1) is 11.3 Å². The number of hydrogen-bond donors (Lipinski definition) is 0. The van der Waals surface area contributed by atoms with Gasteiger partial charge in [0.15, 0.2) is 0 Å². The molecule has 3 aliphatic rings. The van der Waals surface area contributed by atoms with Gasteiger partial charge in [-0.1, -0.05) is 23.8 Å². The smallest absolute Gasteiger partial charge is 0.411 e. The monoisotopic (exact) mass is 290 g/mol. The van der Waals surface area contributed by atoms with Crippen LogP contribution in [0.2, 0.25) is 0 Å². The molecule has 1 heterocycles. The number of nitriles is 1. The Hall–Kier alpha value is -1.73. The number of halogens is 1. The molecule has 2 unspecified atom stereocenters. The molecule has 20 heavy (non-hydrogen) atoms. The lowest BCUT2D eigenvalue weighted by Gasteiger charge is -2.29. The summed E-state index contributed by atoms with van der Waals surface area (Å²) in [6, 6.07) is 1.97. The zero-order valence-corrected chi connectivity index (χ0v) is 12.0. The van der Waals surface area contributed by atoms with Crippen LogP contribution in [-0.4, -0.2) is 29.2 Å². The maximum atomic E-state index is 12.2. The Morgan fingerprint density at radius 1 is 1.60 bits per heavy atom. The number of nitrogens with zero attached hydrogens (tertiary/aromatic N) is 2. The van der Waals surface area contributed by atoms with Crippen LogP contribution in [0.25, 0.3) is 0 Å². The lowest BCUT2D eigenvalue weighted by molar-refractivity contribution is 0.0919. The molecule has 0 aromatic rings. The highest BCUT2D eigenvalue weighted by atomic mass is 35.5. The standard InChI is InChI=1S/C15H15ClN2O2/c1-10-12(5-4-11(8-17)13(10)16)18-9-15(20-14(18)19)6-2-3-7-15/h2,4,6,12H,3,5,7,9H2,1H3. The van der Waals surface area contributed by atoms with Crippen LogP contribution in [0.3, 0.4) is 0 Å². The predicted octanol–water partition coefficient (Wildman–Crippen LogP) is 3.26. The quantitative estimate of drug-likeness (QED) is 0.697. The third-order valence-corrected chi connectivity index (χ3v) is 4.74. The second kappa shape index (κ2) is 4.68. The highest BCUT2D eigenvalue weighted by Gasteiger charge is 2.47. The topological polar surface area (TPSA) is 53.3 Å². The molecule has 2 aliphatic carbocycles. The number of carbonyl (C=O) groups is 1. The van der Waals surface area contributed by atoms with Gasteiger partial charge in [-0.15, -0.1) is 0 Å². The van der Waals surface area contributed by atoms with Crippen molar-refractivity contribution in [2.45, 2.75) is 37.8 Å². The van der Waals surface area contributed by atoms with Crippen LogP contribution >= 0.6 is 11.6 Å². The third kappa shape index (κ3) is 1.94. The van der Waals surface area contributed by atoms with Gasteiger partial charge >= 0.3 is 6.09 Å². The summed E-state index contributed by atoms with van der Waals surface area (Å²) in [5, 5.41) is 9.46. The van der Waals surface area contributed by atoms with Gasteiger partial charge in [-0.2, -0.15) is 5.26 Å². The first-order chi connectivity index (χ1) is 9.56. The number of rotatable bonds is 1. The normalized spacial score (nSPS) is 32.6. The summed E-state index contributed by atoms with van der Waals surface area (Å²) >= 11 is 6.20. The zero-order valence-electron chi connectivity index (χ0n) is 11.2. The highest BCUT2D eigenvalue weighted by Crippen LogP contribution is 2.38. The van der Waals surface area contributed by atoms with Crippen molar-refractivity contribution in [2.75, 3.05) is 6.54 Å². The number of ether oxygens (including phenoxy) is 1. The molecule has 3 rings (SSSR count). The molecule has 104 valence electrons. The summed E-state index contributed by atoms with van der Waals surface area (Å²) in [4.78, 5) is 13.9. The van der Waals surface area contributed by atoms with E-state index in [0.29, 0.717) is 23.6 Å². The fourth-order valence-corrected chi connectivity index (χ4v) is 3.34. The van der Waals surface area contributed by atoms with E-state index >= 15 is 0 Å². The van der Waals surface area contributed by atoms with E-state index in [1.807, 2.05) is 13.0 Å². The lowest BCUT2D eigenvalue weighted by atomic mass is 9.93. The van der Waals surface area contributed by atoms with Crippen molar-refractivity contribution in [3.05, 3.63) is 34.4 Å². The molecule has 2 atom stereocenters. The maximum Gasteiger partial charge on any atom is 0.411 e. The van der Waals surface area contributed by atoms with Gasteiger partial charge in [-0.05, 0) is 37.8 Å². The van der Waals surface area contributed by atoms with Crippen LogP contribution in [-0.2, 0) is 4.74 Å². The molecule has 0 saturated carbocycles. The van der Waals surface area contributed by atoms with Crippen molar-refractivity contribution >= 4 is 17.7 Å². The summed E-state index contributed by atoms with van der Waals surface area (Å²) in [6.45, 7) is 2.43. The first-order valence-corrected chi connectivity index (χ1v) is 7.08. The molecule has 1 spiro atoms. The van der Waals surface area contributed by atoms with E-state index in [-0.39, 0.29) is 12.1 Å². The molecule has 5 heteroatoms. The Morgan fingerprint density at radius 3 is 3.05 bits per heavy atom. The minimum absolute atomic E-state index is 0.111. The Labute approximate surface area is 122 Å². The molecule has 0 aromatic carbocycles. The molecule has 1 fully saturated rings. The molecule has 4 nitrogen and oxygen atoms in total. The number of carbonyl (C=O) groups excluding carboxylic acids is 1. The van der Waals surface area contributed by atoms with E-state index in [0.717, 1.165) is 18.4 Å². The Kier molecular flexibility index (Phi) is 3.10. The molecule has 0 bridgehead atoms. The summed E-state index contributed by atoms with van der Waals surface area (Å²) in [7, 11) is 0. The Bertz CT molecular complexity index is 599. The summed E-state index contributed by atoms with van der Waals surface area (Å²) < 4.78 is 5.56. The fraction of sp³-hybridized carbons (Fsp3) is 0.467. The average Bonchev–Trinajstić information content (AvgIpc) is 3.00. The van der Waals surface area contributed by atoms with Crippen molar-refractivity contribution < 1.29 is 9.53 Å². The summed E-state index contributed by atoms with van der Waals surface area (Å²) in [5.74, 6) is 0. The van der Waals surface area contributed by atoms with Crippen molar-refractivity contribution in [3.63, 3.8) is 0 Å². The molecule has 0 aromatic heterocycles. The predicted molar refractivity (Wildman–Crippen MR) is 74.9 cm³/mol. The molecule has 0 N–H and O–H groups in total. The van der Waals surface area contributed by atoms with E-state index in [9.17, 15) is 4.79 Å². The first-order valence-electron chi connectivity index (χ1n) is 6.70. The van der Waals surface area contributed by atoms with Gasteiger partial charge in [0, 0.05) is 0 Å². The van der Waals surface area contributed by atoms with Gasteiger partial charge in [-0.3, -0.25) is 4.90 Å². The fourth-order valence-electron chi connectivity index (χ4n) is 3.09. The molecule has 0 radical (unpaired) electrons. The van der Waals surface area contributed by atoms with Crippen molar-refractivity contribution in [2.24, 2.45) is 0 Å². The van der Waals surface area contributed by atoms with Crippen LogP contribution < -0.4 is 0 Å². The van der Waals surface area contributed by atoms with Gasteiger partial charge in [-0.25, -0.2) is 4.79 Å². The van der Waals surface area contributed by atoms with E-state index in [1.165, 1.54) is 0 Å². The molecule has 1 amide bonds. The second-order valence-electron chi connectivity index (χ2n) is 5.48. The number of hydrogen-bond acceptors (Lipinski definition) is 3. The molecular weight excluding hydrogens is 276 g/mol. The SMILES string of the molecule is CC1=C(Cl)C(C#N)=CCC1N1CC2(C=CCC2)OC1=O. The molecule has 1 saturated heterocycles. The van der Waals surface area contributed by atoms with Crippen molar-refractivity contribution in [1.82, 2.24) is 4.90 Å². The number of amides is 1. The minimum Gasteiger partial charge on any atom is -0.437 e. The van der Waals surface area contributed by atoms with Gasteiger partial charge in [0.25, 0.3) is 0 Å². The van der Waals surface area contributed by atoms with Crippen LogP contribution in [0.5, 0.6) is 0 Å². The highest BCUT2D eigenvalue weighted by molar-refractivity contribution is 6.33. The van der Waals surface area contributed by atoms with E-state index in [2.05, 4.69) is 12.1 Å². The molecule has 1 aliphatic heterocycles. The van der Waals surface area contributed by atoms with Crippen LogP contribution in [0.1, 0.15) is 26.2 Å². The van der Waals surface area contributed by atoms with Crippen molar-refractivity contribution in [3.8, 4) is 6.07 Å². The lowest BCUT2D eigenvalue weighted by Crippen LogP contribution is -2.40. The number of allylic oxidation sites excluding steroid dienone is 3. The average molecular weight is 291 g/mol. The van der Waals surface area contributed by atoms with Gasteiger partial charge in [0.1, 0.15) is 11.7 Å². The third-order valence-electron chi connectivity index (χ3n) is 4.24. The maximum absolute atomic E-state index is 12.2. The van der Waals surface area contributed by atoms with Gasteiger partial charge < -0.3 is 4.74 Å². The van der Waals surface area contributed by atoms with Crippen LogP contribution in [0.15, 0.2) is 34.4 Å². The van der Waals surface area contributed by atoms with E-state index < -0.39 is 5.60 Å². The Balaban J connectivity index is 1.85. The summed E-state index contributed by atoms with van der Waals surface area (Å²) in [5.41, 5.74) is 0.897. The van der Waals surface area contributed by atoms with Crippen LogP contribution in [0.4, 0.5) is 4.79 Å². The Morgan fingerprint density at radius 2 is 2.40 bits per heavy atom. The van der Waals surface area contributed by atoms with Gasteiger partial charge in [0.2, 0.25) is 0 Å². The molecular formula is C15H15ClN2O2. The first kappa shape index (κ1) is 13.3. The van der Waals surface area contributed by atoms with Gasteiger partial charge in [0.05, 0.1) is 23.2 Å². The summed E-state index contributed by atoms with van der Waals surface area (Å²) in [6.07, 6.45) is 7.95. The minimum atomic E-state index is -0.455. The van der Waals surface area contributed by atoms with E-state index in [1.54, 1.807) is 11.0 Å².